The van der Waals surface area contributed by atoms with Crippen molar-refractivity contribution in [3.8, 4) is 0 Å². The molecular formula is C94H132Cl2N4O20S4Si2. The number of alkyl halides is 2. The molecule has 24 nitrogen and oxygen atoms in total. The van der Waals surface area contributed by atoms with Crippen molar-refractivity contribution in [1.82, 2.24) is 17.6 Å². The Kier molecular flexibility index (Phi) is 45.6. The maximum Gasteiger partial charge on any atom is 0.424 e. The van der Waals surface area contributed by atoms with Crippen molar-refractivity contribution >= 4 is 110 Å². The van der Waals surface area contributed by atoms with E-state index in [1.807, 2.05) is 103 Å². The lowest BCUT2D eigenvalue weighted by atomic mass is 9.96. The Morgan fingerprint density at radius 1 is 0.389 bits per heavy atom. The number of hydrogen-bond donors (Lipinski definition) is 3. The second-order valence-electron chi connectivity index (χ2n) is 35.4. The molecule has 694 valence electrons. The van der Waals surface area contributed by atoms with Crippen molar-refractivity contribution in [1.29, 1.82) is 0 Å². The van der Waals surface area contributed by atoms with Gasteiger partial charge in [-0.3, -0.25) is 4.79 Å². The first-order valence-corrected chi connectivity index (χ1v) is 54.0. The number of sulfonamides is 4. The van der Waals surface area contributed by atoms with Crippen molar-refractivity contribution in [2.45, 2.75) is 233 Å². The highest BCUT2D eigenvalue weighted by molar-refractivity contribution is 7.90. The molecule has 4 unspecified atom stereocenters. The third-order valence-corrected chi connectivity index (χ3v) is 35.7. The minimum Gasteiger partial charge on any atom is -0.481 e. The molecule has 0 saturated carbocycles. The predicted molar refractivity (Wildman–Crippen MR) is 506 cm³/mol. The molecule has 0 radical (unpaired) electrons. The van der Waals surface area contributed by atoms with Gasteiger partial charge in [0.1, 0.15) is 23.1 Å². The van der Waals surface area contributed by atoms with Crippen molar-refractivity contribution in [3.63, 3.8) is 0 Å². The average molecular weight is 1890 g/mol. The fraction of sp³-hybridized carbons (Fsp3) is 0.436. The number of carbonyl (C=O) groups is 5. The quantitative estimate of drug-likeness (QED) is 0.0153. The van der Waals surface area contributed by atoms with Gasteiger partial charge in [0.25, 0.3) is 36.0 Å². The topological polar surface area (TPSA) is 330 Å². The molecule has 32 heteroatoms. The second kappa shape index (κ2) is 51.5. The Morgan fingerprint density at radius 2 is 0.611 bits per heavy atom. The summed E-state index contributed by atoms with van der Waals surface area (Å²) in [5, 5.41) is 17.3. The van der Waals surface area contributed by atoms with Crippen LogP contribution in [0.1, 0.15) is 182 Å². The molecule has 8 rings (SSSR count). The van der Waals surface area contributed by atoms with Gasteiger partial charge in [-0.1, -0.05) is 236 Å². The highest BCUT2D eigenvalue weighted by Crippen LogP contribution is 2.39. The number of nitrogens with zero attached hydrogens (tertiary/aromatic N) is 3. The van der Waals surface area contributed by atoms with Crippen molar-refractivity contribution in [3.05, 3.63) is 265 Å². The summed E-state index contributed by atoms with van der Waals surface area (Å²) in [6.45, 7) is 39.3. The monoisotopic (exact) mass is 1890 g/mol. The van der Waals surface area contributed by atoms with E-state index in [9.17, 15) is 58.0 Å². The number of carboxylic acid groups (broad SMARTS) is 1. The lowest BCUT2D eigenvalue weighted by molar-refractivity contribution is -0.134. The largest absolute Gasteiger partial charge is 0.481 e. The summed E-state index contributed by atoms with van der Waals surface area (Å²) >= 11 is 9.53. The van der Waals surface area contributed by atoms with Crippen LogP contribution >= 0.6 is 23.2 Å². The molecule has 0 aliphatic carbocycles. The van der Waals surface area contributed by atoms with E-state index in [1.54, 1.807) is 165 Å². The molecule has 0 fully saturated rings. The first-order chi connectivity index (χ1) is 58.5. The van der Waals surface area contributed by atoms with Crippen LogP contribution in [0, 0.1) is 0 Å². The summed E-state index contributed by atoms with van der Waals surface area (Å²) in [6, 6.07) is 70.0. The maximum absolute atomic E-state index is 13.6. The minimum absolute atomic E-state index is 0.0108. The number of benzene rings is 8. The predicted octanol–water partition coefficient (Wildman–Crippen LogP) is 21.2. The van der Waals surface area contributed by atoms with Crippen LogP contribution in [-0.2, 0) is 72.7 Å². The maximum atomic E-state index is 13.6. The van der Waals surface area contributed by atoms with Crippen LogP contribution in [0.5, 0.6) is 0 Å². The molecule has 8 aromatic carbocycles. The smallest absolute Gasteiger partial charge is 0.424 e. The van der Waals surface area contributed by atoms with E-state index in [1.165, 1.54) is 36.4 Å². The van der Waals surface area contributed by atoms with E-state index in [0.717, 1.165) is 54.8 Å². The number of carbonyl (C=O) groups excluding carboxylic acids is 4. The van der Waals surface area contributed by atoms with Crippen LogP contribution in [0.25, 0.3) is 0 Å². The third kappa shape index (κ3) is 39.1. The van der Waals surface area contributed by atoms with Crippen LogP contribution in [0.4, 0.5) is 14.4 Å². The van der Waals surface area contributed by atoms with Gasteiger partial charge in [-0.15, -0.1) is 23.2 Å². The Labute approximate surface area is 762 Å². The molecule has 0 aromatic heterocycles. The molecule has 0 spiro atoms. The van der Waals surface area contributed by atoms with Gasteiger partial charge in [0, 0.05) is 77.1 Å². The number of carboxylic acids is 1. The molecular weight excluding hydrogens is 1760 g/mol. The Morgan fingerprint density at radius 3 is 0.857 bits per heavy atom. The molecule has 4 atom stereocenters. The van der Waals surface area contributed by atoms with Gasteiger partial charge < -0.3 is 38.1 Å². The molecule has 3 amide bonds. The number of amides is 3. The van der Waals surface area contributed by atoms with E-state index in [2.05, 4.69) is 72.5 Å². The lowest BCUT2D eigenvalue weighted by Crippen LogP contribution is -2.43. The highest BCUT2D eigenvalue weighted by atomic mass is 35.5. The van der Waals surface area contributed by atoms with Crippen LogP contribution in [0.2, 0.25) is 36.3 Å². The summed E-state index contributed by atoms with van der Waals surface area (Å²) in [6.07, 6.45) is -0.332. The van der Waals surface area contributed by atoms with Crippen molar-refractivity contribution in [2.75, 3.05) is 51.3 Å². The van der Waals surface area contributed by atoms with E-state index in [-0.39, 0.29) is 80.5 Å². The van der Waals surface area contributed by atoms with Crippen LogP contribution in [-0.4, -0.2) is 172 Å². The number of aldehydes is 1. The van der Waals surface area contributed by atoms with E-state index < -0.39 is 104 Å². The Bertz CT molecular complexity index is 5030. The van der Waals surface area contributed by atoms with Crippen LogP contribution in [0.3, 0.4) is 0 Å². The van der Waals surface area contributed by atoms with Gasteiger partial charge in [0.05, 0.1) is 24.9 Å². The van der Waals surface area contributed by atoms with Crippen molar-refractivity contribution < 1.29 is 90.9 Å². The number of hydrogen-bond acceptors (Lipinski definition) is 19. The zero-order chi connectivity index (χ0) is 95.2. The summed E-state index contributed by atoms with van der Waals surface area (Å²) in [5.74, 6) is -1.88. The number of rotatable bonds is 32. The summed E-state index contributed by atoms with van der Waals surface area (Å²) in [7, 11) is -19.7. The summed E-state index contributed by atoms with van der Waals surface area (Å²) < 4.78 is 139. The number of aliphatic carboxylic acids is 1. The van der Waals surface area contributed by atoms with E-state index in [4.69, 9.17) is 56.2 Å². The third-order valence-electron chi connectivity index (χ3n) is 19.9. The number of halogens is 2. The zero-order valence-corrected chi connectivity index (χ0v) is 83.2. The molecule has 0 aliphatic rings. The fourth-order valence-corrected chi connectivity index (χ4v) is 18.7. The SMILES string of the molecule is CC(=O)O.CC(C)(C)OC(=O)N(CC(CC=O)c1ccccc1)S(=O)(=O)c1ccccc1.CC(C)(C)OC(=O)N(CC(CCO)c1ccccc1)S(=O)(=O)c1ccccc1.CC(C)(C)OC(=O)N(CC(CCO[Si](C)(C)C(C)(C)C)c1ccccc1)S(=O)(=O)c1ccccc1.CC(C)(C)[Si](C)(C)OCCC(CNS(=O)(=O)c1ccccc1)c1ccccc1.ClCCl. The van der Waals surface area contributed by atoms with Crippen LogP contribution in [0.15, 0.2) is 262 Å². The van der Waals surface area contributed by atoms with Gasteiger partial charge in [-0.25, -0.2) is 52.8 Å². The second-order valence-corrected chi connectivity index (χ2v) is 53.2. The standard InChI is InChI=1S/C27H41NO5SSi.C22H33NO3SSi.C21H27NO5S.C21H25NO5S.C2H4O2.CH2Cl2/c1-26(2,3)33-25(29)28(34(30,31)24-17-13-10-14-18-24)21-23(22-15-11-9-12-16-22)19-20-32-35(7,8)27(4,5)6;1-22(2,3)28(4,5)26-17-16-20(19-12-8-6-9-13-19)18-23-27(24,25)21-14-10-7-11-15-21;2*1-21(2,3)27-20(24)22(28(25,26)19-12-8-5-9-13-19)16-18(14-15-23)17-10-6-4-7-11-17;1-2(3)4;2-1-3/h9-18,23H,19-21H2,1-8H3;6-15,20,23H,16-18H2,1-5H3;4-13,18,23H,14-16H2,1-3H3;4-13,15,18H,14,16H2,1-3H3;1H3,(H,3,4);1H2. The summed E-state index contributed by atoms with van der Waals surface area (Å²) in [5.41, 5.74) is 1.13. The molecule has 0 saturated heterocycles. The molecule has 0 heterocycles. The number of aliphatic hydroxyl groups excluding tert-OH is 1. The van der Waals surface area contributed by atoms with Gasteiger partial charge in [0.2, 0.25) is 10.0 Å². The first kappa shape index (κ1) is 112. The number of nitrogens with one attached hydrogen (secondary N) is 1. The number of ether oxygens (including phenoxy) is 3. The summed E-state index contributed by atoms with van der Waals surface area (Å²) in [4.78, 5) is 59.4. The average Bonchev–Trinajstić information content (AvgIpc) is 0.786. The molecule has 126 heavy (non-hydrogen) atoms. The minimum atomic E-state index is -4.15. The zero-order valence-electron chi connectivity index (χ0n) is 76.4. The van der Waals surface area contributed by atoms with Crippen molar-refractivity contribution in [2.24, 2.45) is 0 Å². The molecule has 0 bridgehead atoms. The Hall–Kier alpha value is -8.64. The van der Waals surface area contributed by atoms with E-state index in [0.29, 0.717) is 37.5 Å². The van der Waals surface area contributed by atoms with Gasteiger partial charge in [-0.2, -0.15) is 12.9 Å². The molecule has 0 aliphatic heterocycles. The normalized spacial score (nSPS) is 13.0. The molecule has 3 N–H and O–H groups in total. The highest BCUT2D eigenvalue weighted by Gasteiger charge is 2.42. The Balaban J connectivity index is 0.000000424. The van der Waals surface area contributed by atoms with Gasteiger partial charge >= 0.3 is 18.3 Å². The van der Waals surface area contributed by atoms with Gasteiger partial charge in [-0.05, 0) is 195 Å². The number of aliphatic hydroxyl groups is 1. The first-order valence-electron chi connectivity index (χ1n) is 41.3. The van der Waals surface area contributed by atoms with Gasteiger partial charge in [0.15, 0.2) is 16.6 Å². The molecule has 8 aromatic rings. The fourth-order valence-electron chi connectivity index (χ4n) is 11.4. The van der Waals surface area contributed by atoms with E-state index >= 15 is 0 Å². The van der Waals surface area contributed by atoms with Crippen LogP contribution < -0.4 is 4.72 Å². The lowest BCUT2D eigenvalue weighted by Gasteiger charge is -2.37.